The SMILES string of the molecule is Cc1n[nH]c(C)c1CNCC(C(C)C)N1CCCC1. The average molecular weight is 264 g/mol. The predicted molar refractivity (Wildman–Crippen MR) is 79.2 cm³/mol. The van der Waals surface area contributed by atoms with Crippen LogP contribution in [0.2, 0.25) is 0 Å². The van der Waals surface area contributed by atoms with E-state index < -0.39 is 0 Å². The second-order valence-electron chi connectivity index (χ2n) is 6.10. The third-order valence-electron chi connectivity index (χ3n) is 4.32. The monoisotopic (exact) mass is 264 g/mol. The summed E-state index contributed by atoms with van der Waals surface area (Å²) in [5, 5.41) is 10.9. The van der Waals surface area contributed by atoms with Crippen LogP contribution in [-0.2, 0) is 6.54 Å². The second-order valence-corrected chi connectivity index (χ2v) is 6.10. The lowest BCUT2D eigenvalue weighted by atomic mass is 10.0. The summed E-state index contributed by atoms with van der Waals surface area (Å²) in [4.78, 5) is 2.65. The first kappa shape index (κ1) is 14.5. The van der Waals surface area contributed by atoms with E-state index in [4.69, 9.17) is 0 Å². The van der Waals surface area contributed by atoms with Gasteiger partial charge in [0.25, 0.3) is 0 Å². The molecule has 4 heteroatoms. The van der Waals surface area contributed by atoms with Crippen molar-refractivity contribution in [1.29, 1.82) is 0 Å². The van der Waals surface area contributed by atoms with Gasteiger partial charge in [-0.25, -0.2) is 0 Å². The highest BCUT2D eigenvalue weighted by atomic mass is 15.2. The summed E-state index contributed by atoms with van der Waals surface area (Å²) in [6.45, 7) is 13.4. The van der Waals surface area contributed by atoms with Crippen LogP contribution in [-0.4, -0.2) is 40.8 Å². The molecule has 1 aliphatic heterocycles. The van der Waals surface area contributed by atoms with Crippen molar-refractivity contribution in [3.8, 4) is 0 Å². The van der Waals surface area contributed by atoms with Gasteiger partial charge in [-0.3, -0.25) is 10.00 Å². The van der Waals surface area contributed by atoms with E-state index in [0.29, 0.717) is 12.0 Å². The van der Waals surface area contributed by atoms with Gasteiger partial charge in [0.1, 0.15) is 0 Å². The van der Waals surface area contributed by atoms with Gasteiger partial charge in [-0.2, -0.15) is 5.10 Å². The molecule has 4 nitrogen and oxygen atoms in total. The molecule has 1 aromatic heterocycles. The van der Waals surface area contributed by atoms with Crippen molar-refractivity contribution in [3.05, 3.63) is 17.0 Å². The van der Waals surface area contributed by atoms with Crippen molar-refractivity contribution in [2.45, 2.75) is 53.1 Å². The zero-order chi connectivity index (χ0) is 13.8. The number of hydrogen-bond donors (Lipinski definition) is 2. The van der Waals surface area contributed by atoms with Crippen molar-refractivity contribution >= 4 is 0 Å². The van der Waals surface area contributed by atoms with Gasteiger partial charge in [-0.1, -0.05) is 13.8 Å². The lowest BCUT2D eigenvalue weighted by Gasteiger charge is -2.31. The molecule has 0 radical (unpaired) electrons. The molecule has 0 aromatic carbocycles. The highest BCUT2D eigenvalue weighted by Gasteiger charge is 2.24. The number of H-pyrrole nitrogens is 1. The van der Waals surface area contributed by atoms with E-state index in [1.165, 1.54) is 37.2 Å². The van der Waals surface area contributed by atoms with Gasteiger partial charge < -0.3 is 5.32 Å². The number of nitrogens with one attached hydrogen (secondary N) is 2. The maximum absolute atomic E-state index is 4.25. The molecule has 0 aliphatic carbocycles. The Morgan fingerprint density at radius 3 is 2.47 bits per heavy atom. The molecule has 1 saturated heterocycles. The molecule has 19 heavy (non-hydrogen) atoms. The number of hydrogen-bond acceptors (Lipinski definition) is 3. The highest BCUT2D eigenvalue weighted by molar-refractivity contribution is 5.22. The molecule has 1 fully saturated rings. The number of rotatable bonds is 6. The van der Waals surface area contributed by atoms with E-state index in [9.17, 15) is 0 Å². The standard InChI is InChI=1S/C15H28N4/c1-11(2)15(19-7-5-6-8-19)10-16-9-14-12(3)17-18-13(14)4/h11,15-16H,5-10H2,1-4H3,(H,17,18). The first-order valence-corrected chi connectivity index (χ1v) is 7.54. The van der Waals surface area contributed by atoms with Gasteiger partial charge >= 0.3 is 0 Å². The molecule has 0 bridgehead atoms. The summed E-state index contributed by atoms with van der Waals surface area (Å²) >= 11 is 0. The minimum absolute atomic E-state index is 0.662. The number of nitrogens with zero attached hydrogens (tertiary/aromatic N) is 2. The molecule has 1 unspecified atom stereocenters. The normalized spacial score (nSPS) is 18.4. The van der Waals surface area contributed by atoms with Gasteiger partial charge in [-0.05, 0) is 45.7 Å². The summed E-state index contributed by atoms with van der Waals surface area (Å²) < 4.78 is 0. The first-order valence-electron chi connectivity index (χ1n) is 7.54. The molecule has 1 atom stereocenters. The van der Waals surface area contributed by atoms with E-state index in [1.54, 1.807) is 0 Å². The first-order chi connectivity index (χ1) is 9.09. The van der Waals surface area contributed by atoms with Crippen LogP contribution < -0.4 is 5.32 Å². The van der Waals surface area contributed by atoms with Crippen molar-refractivity contribution in [2.75, 3.05) is 19.6 Å². The van der Waals surface area contributed by atoms with Crippen LogP contribution in [0.15, 0.2) is 0 Å². The lowest BCUT2D eigenvalue weighted by molar-refractivity contribution is 0.186. The van der Waals surface area contributed by atoms with Gasteiger partial charge in [0, 0.05) is 30.4 Å². The van der Waals surface area contributed by atoms with Crippen LogP contribution in [0.5, 0.6) is 0 Å². The maximum atomic E-state index is 4.25. The van der Waals surface area contributed by atoms with Crippen molar-refractivity contribution < 1.29 is 0 Å². The van der Waals surface area contributed by atoms with E-state index in [2.05, 4.69) is 48.1 Å². The highest BCUT2D eigenvalue weighted by Crippen LogP contribution is 2.17. The van der Waals surface area contributed by atoms with Crippen molar-refractivity contribution in [3.63, 3.8) is 0 Å². The van der Waals surface area contributed by atoms with E-state index >= 15 is 0 Å². The van der Waals surface area contributed by atoms with Gasteiger partial charge in [0.2, 0.25) is 0 Å². The van der Waals surface area contributed by atoms with Crippen LogP contribution in [0.4, 0.5) is 0 Å². The summed E-state index contributed by atoms with van der Waals surface area (Å²) in [5.41, 5.74) is 3.63. The van der Waals surface area contributed by atoms with E-state index in [0.717, 1.165) is 18.8 Å². The molecular weight excluding hydrogens is 236 g/mol. The Hall–Kier alpha value is -0.870. The molecule has 0 amide bonds. The fourth-order valence-electron chi connectivity index (χ4n) is 3.04. The molecular formula is C15H28N4. The third kappa shape index (κ3) is 3.57. The minimum atomic E-state index is 0.662. The summed E-state index contributed by atoms with van der Waals surface area (Å²) in [6, 6.07) is 0.662. The molecule has 1 aliphatic rings. The second kappa shape index (κ2) is 6.53. The zero-order valence-electron chi connectivity index (χ0n) is 12.8. The Bertz CT molecular complexity index is 371. The summed E-state index contributed by atoms with van der Waals surface area (Å²) in [7, 11) is 0. The molecule has 108 valence electrons. The number of aromatic nitrogens is 2. The average Bonchev–Trinajstić information content (AvgIpc) is 2.97. The topological polar surface area (TPSA) is 44.0 Å². The lowest BCUT2D eigenvalue weighted by Crippen LogP contribution is -2.44. The number of likely N-dealkylation sites (tertiary alicyclic amines) is 1. The van der Waals surface area contributed by atoms with Gasteiger partial charge in [0.05, 0.1) is 5.69 Å². The molecule has 0 spiro atoms. The molecule has 2 N–H and O–H groups in total. The quantitative estimate of drug-likeness (QED) is 0.828. The van der Waals surface area contributed by atoms with Crippen molar-refractivity contribution in [2.24, 2.45) is 5.92 Å². The molecule has 0 saturated carbocycles. The van der Waals surface area contributed by atoms with Crippen LogP contribution >= 0.6 is 0 Å². The largest absolute Gasteiger partial charge is 0.311 e. The van der Waals surface area contributed by atoms with Crippen LogP contribution in [0.25, 0.3) is 0 Å². The minimum Gasteiger partial charge on any atom is -0.311 e. The Morgan fingerprint density at radius 1 is 1.26 bits per heavy atom. The third-order valence-corrected chi connectivity index (χ3v) is 4.32. The Morgan fingerprint density at radius 2 is 1.95 bits per heavy atom. The molecule has 2 rings (SSSR count). The molecule has 1 aromatic rings. The van der Waals surface area contributed by atoms with Gasteiger partial charge in [-0.15, -0.1) is 0 Å². The fraction of sp³-hybridized carbons (Fsp3) is 0.800. The smallest absolute Gasteiger partial charge is 0.0638 e. The van der Waals surface area contributed by atoms with Crippen molar-refractivity contribution in [1.82, 2.24) is 20.4 Å². The Balaban J connectivity index is 1.85. The maximum Gasteiger partial charge on any atom is 0.0638 e. The number of aryl methyl sites for hydroxylation is 2. The molecule has 2 heterocycles. The zero-order valence-corrected chi connectivity index (χ0v) is 12.8. The van der Waals surface area contributed by atoms with Crippen LogP contribution in [0, 0.1) is 19.8 Å². The summed E-state index contributed by atoms with van der Waals surface area (Å²) in [5.74, 6) is 0.706. The fourth-order valence-corrected chi connectivity index (χ4v) is 3.04. The number of aromatic amines is 1. The van der Waals surface area contributed by atoms with Gasteiger partial charge in [0.15, 0.2) is 0 Å². The van der Waals surface area contributed by atoms with Crippen LogP contribution in [0.1, 0.15) is 43.6 Å². The predicted octanol–water partition coefficient (Wildman–Crippen LogP) is 2.24. The van der Waals surface area contributed by atoms with E-state index in [1.807, 2.05) is 0 Å². The van der Waals surface area contributed by atoms with Crippen LogP contribution in [0.3, 0.4) is 0 Å². The van der Waals surface area contributed by atoms with E-state index in [-0.39, 0.29) is 0 Å². The Kier molecular flexibility index (Phi) is 4.99. The Labute approximate surface area is 117 Å². The summed E-state index contributed by atoms with van der Waals surface area (Å²) in [6.07, 6.45) is 2.73.